The molecule has 0 aromatic carbocycles. The molecule has 0 aromatic heterocycles. The molecule has 0 spiro atoms. The van der Waals surface area contributed by atoms with Crippen molar-refractivity contribution in [2.45, 2.75) is 33.0 Å². The molecular weight excluding hydrogens is 210 g/mol. The number of ketones is 1. The molecule has 0 aliphatic heterocycles. The van der Waals surface area contributed by atoms with Crippen molar-refractivity contribution in [1.29, 1.82) is 0 Å². The molecule has 5 nitrogen and oxygen atoms in total. The normalized spacial score (nSPS) is 13.4. The van der Waals surface area contributed by atoms with Gasteiger partial charge in [-0.25, -0.2) is 0 Å². The second-order valence-electron chi connectivity index (χ2n) is 4.20. The van der Waals surface area contributed by atoms with Crippen LogP contribution in [0.15, 0.2) is 0 Å². The largest absolute Gasteiger partial charge is 0.395 e. The van der Waals surface area contributed by atoms with Crippen LogP contribution in [-0.2, 0) is 9.53 Å². The van der Waals surface area contributed by atoms with Crippen molar-refractivity contribution in [3.8, 4) is 0 Å². The van der Waals surface area contributed by atoms with E-state index in [1.165, 1.54) is 6.92 Å². The highest BCUT2D eigenvalue weighted by molar-refractivity contribution is 5.77. The SMILES string of the molecule is CC(=O)CN(CCO)CC(O)COC(C)C. The summed E-state index contributed by atoms with van der Waals surface area (Å²) in [6, 6.07) is 0. The zero-order chi connectivity index (χ0) is 12.6. The van der Waals surface area contributed by atoms with Gasteiger partial charge in [-0.1, -0.05) is 0 Å². The van der Waals surface area contributed by atoms with Gasteiger partial charge in [0.15, 0.2) is 0 Å². The molecule has 0 saturated carbocycles. The molecule has 0 rings (SSSR count). The maximum atomic E-state index is 10.9. The first-order valence-corrected chi connectivity index (χ1v) is 5.58. The fourth-order valence-corrected chi connectivity index (χ4v) is 1.35. The molecule has 2 N–H and O–H groups in total. The highest BCUT2D eigenvalue weighted by atomic mass is 16.5. The number of ether oxygens (including phenoxy) is 1. The third-order valence-corrected chi connectivity index (χ3v) is 1.95. The number of rotatable bonds is 9. The summed E-state index contributed by atoms with van der Waals surface area (Å²) in [6.07, 6.45) is -0.554. The second-order valence-corrected chi connectivity index (χ2v) is 4.20. The number of nitrogens with zero attached hydrogens (tertiary/aromatic N) is 1. The summed E-state index contributed by atoms with van der Waals surface area (Å²) >= 11 is 0. The Morgan fingerprint density at radius 1 is 1.44 bits per heavy atom. The van der Waals surface area contributed by atoms with Gasteiger partial charge in [0.1, 0.15) is 5.78 Å². The molecule has 96 valence electrons. The molecule has 0 saturated heterocycles. The maximum Gasteiger partial charge on any atom is 0.143 e. The zero-order valence-electron chi connectivity index (χ0n) is 10.3. The zero-order valence-corrected chi connectivity index (χ0v) is 10.3. The Morgan fingerprint density at radius 3 is 2.50 bits per heavy atom. The standard InChI is InChI=1S/C11H23NO4/c1-9(2)16-8-11(15)7-12(4-5-13)6-10(3)14/h9,11,13,15H,4-8H2,1-3H3. The van der Waals surface area contributed by atoms with Gasteiger partial charge in [0, 0.05) is 13.1 Å². The van der Waals surface area contributed by atoms with E-state index in [4.69, 9.17) is 9.84 Å². The number of hydrogen-bond acceptors (Lipinski definition) is 5. The van der Waals surface area contributed by atoms with Gasteiger partial charge in [-0.15, -0.1) is 0 Å². The van der Waals surface area contributed by atoms with Gasteiger partial charge in [0.05, 0.1) is 32.0 Å². The first-order chi connectivity index (χ1) is 7.45. The third kappa shape index (κ3) is 8.79. The van der Waals surface area contributed by atoms with Crippen LogP contribution in [0.1, 0.15) is 20.8 Å². The summed E-state index contributed by atoms with van der Waals surface area (Å²) in [5, 5.41) is 18.5. The number of aliphatic hydroxyl groups is 2. The van der Waals surface area contributed by atoms with Crippen molar-refractivity contribution in [2.75, 3.05) is 32.8 Å². The molecule has 0 aromatic rings. The minimum atomic E-state index is -0.631. The van der Waals surface area contributed by atoms with Crippen LogP contribution in [0.25, 0.3) is 0 Å². The summed E-state index contributed by atoms with van der Waals surface area (Å²) in [5.41, 5.74) is 0. The smallest absolute Gasteiger partial charge is 0.143 e. The van der Waals surface area contributed by atoms with Gasteiger partial charge in [-0.3, -0.25) is 9.69 Å². The Labute approximate surface area is 97.0 Å². The lowest BCUT2D eigenvalue weighted by molar-refractivity contribution is -0.118. The van der Waals surface area contributed by atoms with E-state index in [0.717, 1.165) is 0 Å². The van der Waals surface area contributed by atoms with Crippen molar-refractivity contribution in [3.63, 3.8) is 0 Å². The summed E-state index contributed by atoms with van der Waals surface area (Å²) in [5.74, 6) is 0.0189. The van der Waals surface area contributed by atoms with Gasteiger partial charge < -0.3 is 14.9 Å². The van der Waals surface area contributed by atoms with E-state index in [9.17, 15) is 9.90 Å². The number of aliphatic hydroxyl groups excluding tert-OH is 2. The van der Waals surface area contributed by atoms with Crippen molar-refractivity contribution in [1.82, 2.24) is 4.90 Å². The van der Waals surface area contributed by atoms with Crippen LogP contribution in [0.2, 0.25) is 0 Å². The lowest BCUT2D eigenvalue weighted by Gasteiger charge is -2.23. The minimum absolute atomic E-state index is 0.0189. The average molecular weight is 233 g/mol. The Hall–Kier alpha value is -0.490. The van der Waals surface area contributed by atoms with E-state index in [1.807, 2.05) is 13.8 Å². The average Bonchev–Trinajstić information content (AvgIpc) is 2.14. The van der Waals surface area contributed by atoms with Crippen molar-refractivity contribution in [2.24, 2.45) is 0 Å². The van der Waals surface area contributed by atoms with E-state index >= 15 is 0 Å². The number of carbonyl (C=O) groups excluding carboxylic acids is 1. The first kappa shape index (κ1) is 15.5. The van der Waals surface area contributed by atoms with Crippen LogP contribution in [0.5, 0.6) is 0 Å². The Kier molecular flexibility index (Phi) is 8.37. The highest BCUT2D eigenvalue weighted by Gasteiger charge is 2.13. The summed E-state index contributed by atoms with van der Waals surface area (Å²) in [7, 11) is 0. The van der Waals surface area contributed by atoms with Crippen LogP contribution in [0.3, 0.4) is 0 Å². The highest BCUT2D eigenvalue weighted by Crippen LogP contribution is 1.96. The van der Waals surface area contributed by atoms with Crippen LogP contribution >= 0.6 is 0 Å². The van der Waals surface area contributed by atoms with Gasteiger partial charge in [0.25, 0.3) is 0 Å². The van der Waals surface area contributed by atoms with Gasteiger partial charge in [-0.2, -0.15) is 0 Å². The molecular formula is C11H23NO4. The van der Waals surface area contributed by atoms with Gasteiger partial charge >= 0.3 is 0 Å². The Bertz CT molecular complexity index is 196. The maximum absolute atomic E-state index is 10.9. The number of hydrogen-bond donors (Lipinski definition) is 2. The van der Waals surface area contributed by atoms with E-state index in [2.05, 4.69) is 0 Å². The molecule has 0 fully saturated rings. The molecule has 1 unspecified atom stereocenters. The Balaban J connectivity index is 3.91. The van der Waals surface area contributed by atoms with Crippen LogP contribution in [-0.4, -0.2) is 66.0 Å². The monoisotopic (exact) mass is 233 g/mol. The number of Topliss-reactive ketones (excluding diaryl/α,β-unsaturated/α-hetero) is 1. The molecule has 5 heteroatoms. The lowest BCUT2D eigenvalue weighted by Crippen LogP contribution is -2.39. The predicted molar refractivity (Wildman–Crippen MR) is 61.3 cm³/mol. The minimum Gasteiger partial charge on any atom is -0.395 e. The number of carbonyl (C=O) groups is 1. The molecule has 0 aliphatic carbocycles. The van der Waals surface area contributed by atoms with Crippen LogP contribution in [0.4, 0.5) is 0 Å². The summed E-state index contributed by atoms with van der Waals surface area (Å²) in [6.45, 7) is 6.48. The Morgan fingerprint density at radius 2 is 2.06 bits per heavy atom. The molecule has 0 bridgehead atoms. The lowest BCUT2D eigenvalue weighted by atomic mass is 10.3. The molecule has 0 amide bonds. The van der Waals surface area contributed by atoms with Crippen molar-refractivity contribution < 1.29 is 19.7 Å². The van der Waals surface area contributed by atoms with Crippen molar-refractivity contribution >= 4 is 5.78 Å². The predicted octanol–water partition coefficient (Wildman–Crippen LogP) is -0.344. The fourth-order valence-electron chi connectivity index (χ4n) is 1.35. The van der Waals surface area contributed by atoms with Crippen molar-refractivity contribution in [3.05, 3.63) is 0 Å². The van der Waals surface area contributed by atoms with E-state index in [0.29, 0.717) is 13.1 Å². The van der Waals surface area contributed by atoms with E-state index < -0.39 is 6.10 Å². The molecule has 1 atom stereocenters. The summed E-state index contributed by atoms with van der Waals surface area (Å²) < 4.78 is 5.26. The molecule has 0 radical (unpaired) electrons. The molecule has 0 aliphatic rings. The molecule has 0 heterocycles. The topological polar surface area (TPSA) is 70.0 Å². The first-order valence-electron chi connectivity index (χ1n) is 5.58. The van der Waals surface area contributed by atoms with Gasteiger partial charge in [-0.05, 0) is 20.8 Å². The van der Waals surface area contributed by atoms with Gasteiger partial charge in [0.2, 0.25) is 0 Å². The molecule has 16 heavy (non-hydrogen) atoms. The van der Waals surface area contributed by atoms with Crippen LogP contribution < -0.4 is 0 Å². The third-order valence-electron chi connectivity index (χ3n) is 1.95. The second kappa shape index (κ2) is 8.64. The fraction of sp³-hybridized carbons (Fsp3) is 0.909. The van der Waals surface area contributed by atoms with Crippen LogP contribution in [0, 0.1) is 0 Å². The van der Waals surface area contributed by atoms with E-state index in [-0.39, 0.29) is 31.6 Å². The summed E-state index contributed by atoms with van der Waals surface area (Å²) in [4.78, 5) is 12.7. The van der Waals surface area contributed by atoms with E-state index in [1.54, 1.807) is 4.90 Å². The quantitative estimate of drug-likeness (QED) is 0.570.